The van der Waals surface area contributed by atoms with Gasteiger partial charge in [0.05, 0.1) is 11.8 Å². The fourth-order valence-electron chi connectivity index (χ4n) is 2.15. The maximum Gasteiger partial charge on any atom is 0.332 e. The molecule has 2 aromatic heterocycles. The third-order valence-electron chi connectivity index (χ3n) is 3.34. The largest absolute Gasteiger partial charge is 0.350 e. The highest BCUT2D eigenvalue weighted by molar-refractivity contribution is 7.99. The molecule has 3 rings (SSSR count). The molecule has 3 N–H and O–H groups in total. The first-order valence-corrected chi connectivity index (χ1v) is 8.20. The van der Waals surface area contributed by atoms with Gasteiger partial charge < -0.3 is 5.73 Å². The van der Waals surface area contributed by atoms with Gasteiger partial charge in [0.25, 0.3) is 5.56 Å². The summed E-state index contributed by atoms with van der Waals surface area (Å²) >= 11 is 1.35. The van der Waals surface area contributed by atoms with Gasteiger partial charge in [-0.3, -0.25) is 9.20 Å². The van der Waals surface area contributed by atoms with Gasteiger partial charge >= 0.3 is 6.03 Å². The molecule has 126 valence electrons. The highest BCUT2D eigenvalue weighted by atomic mass is 32.2. The number of carbonyl (C=O) groups is 1. The number of nitrogens with one attached hydrogen (secondary N) is 1. The topological polar surface area (TPSA) is 102 Å². The average Bonchev–Trinajstić information content (AvgIpc) is 2.59. The van der Waals surface area contributed by atoms with Crippen LogP contribution in [-0.2, 0) is 0 Å². The lowest BCUT2D eigenvalue weighted by Crippen LogP contribution is -2.26. The van der Waals surface area contributed by atoms with E-state index in [1.165, 1.54) is 22.4 Å². The Morgan fingerprint density at radius 3 is 2.76 bits per heavy atom. The number of benzene rings is 1. The Bertz CT molecular complexity index is 1010. The summed E-state index contributed by atoms with van der Waals surface area (Å²) < 4.78 is 1.42. The van der Waals surface area contributed by atoms with Crippen molar-refractivity contribution in [2.24, 2.45) is 10.8 Å². The molecule has 0 saturated carbocycles. The third-order valence-corrected chi connectivity index (χ3v) is 4.35. The van der Waals surface area contributed by atoms with Crippen molar-refractivity contribution in [2.45, 2.75) is 16.8 Å². The molecular weight excluding hydrogens is 338 g/mol. The maximum atomic E-state index is 12.7. The Kier molecular flexibility index (Phi) is 4.80. The molecule has 3 aromatic rings. The first kappa shape index (κ1) is 16.7. The van der Waals surface area contributed by atoms with Gasteiger partial charge in [0.1, 0.15) is 10.7 Å². The van der Waals surface area contributed by atoms with Gasteiger partial charge in [-0.1, -0.05) is 35.5 Å². The number of pyridine rings is 1. The van der Waals surface area contributed by atoms with Gasteiger partial charge in [-0.2, -0.15) is 5.10 Å². The van der Waals surface area contributed by atoms with E-state index in [9.17, 15) is 9.59 Å². The van der Waals surface area contributed by atoms with Crippen LogP contribution in [0.3, 0.4) is 0 Å². The predicted molar refractivity (Wildman–Crippen MR) is 97.1 cm³/mol. The van der Waals surface area contributed by atoms with Crippen LogP contribution in [0.2, 0.25) is 0 Å². The van der Waals surface area contributed by atoms with E-state index in [0.717, 1.165) is 10.5 Å². The van der Waals surface area contributed by atoms with Crippen molar-refractivity contribution in [1.29, 1.82) is 0 Å². The van der Waals surface area contributed by atoms with E-state index < -0.39 is 6.03 Å². The molecule has 0 aliphatic carbocycles. The van der Waals surface area contributed by atoms with E-state index in [4.69, 9.17) is 5.73 Å². The molecule has 7 nitrogen and oxygen atoms in total. The van der Waals surface area contributed by atoms with Crippen LogP contribution in [0, 0.1) is 6.92 Å². The summed E-state index contributed by atoms with van der Waals surface area (Å²) in [6.45, 7) is 2.00. The van der Waals surface area contributed by atoms with E-state index in [0.29, 0.717) is 10.7 Å². The van der Waals surface area contributed by atoms with Crippen molar-refractivity contribution in [3.05, 3.63) is 70.1 Å². The molecule has 0 spiro atoms. The number of carbonyl (C=O) groups excluding carboxylic acids is 1. The van der Waals surface area contributed by atoms with Crippen LogP contribution in [-0.4, -0.2) is 21.6 Å². The lowest BCUT2D eigenvalue weighted by molar-refractivity contribution is 0.249. The van der Waals surface area contributed by atoms with Gasteiger partial charge in [-0.25, -0.2) is 15.2 Å². The lowest BCUT2D eigenvalue weighted by atomic mass is 10.2. The summed E-state index contributed by atoms with van der Waals surface area (Å²) in [5.74, 6) is 0. The SMILES string of the molecule is Cc1ccc(Sc2nc3ccccn3c(=O)c2/C=N\NC(N)=O)cc1. The summed E-state index contributed by atoms with van der Waals surface area (Å²) in [5.41, 5.74) is 8.74. The van der Waals surface area contributed by atoms with Crippen molar-refractivity contribution in [1.82, 2.24) is 14.8 Å². The number of aryl methyl sites for hydroxylation is 1. The van der Waals surface area contributed by atoms with Crippen molar-refractivity contribution in [3.8, 4) is 0 Å². The number of rotatable bonds is 4. The summed E-state index contributed by atoms with van der Waals surface area (Å²) in [5, 5.41) is 4.20. The van der Waals surface area contributed by atoms with Gasteiger partial charge in [0.2, 0.25) is 0 Å². The normalized spacial score (nSPS) is 11.1. The van der Waals surface area contributed by atoms with Crippen molar-refractivity contribution in [3.63, 3.8) is 0 Å². The summed E-state index contributed by atoms with van der Waals surface area (Å²) in [4.78, 5) is 29.0. The number of fused-ring (bicyclic) bond motifs is 1. The highest BCUT2D eigenvalue weighted by Gasteiger charge is 2.12. The molecule has 0 aliphatic heterocycles. The predicted octanol–water partition coefficient (Wildman–Crippen LogP) is 2.16. The molecule has 0 radical (unpaired) electrons. The molecule has 0 fully saturated rings. The van der Waals surface area contributed by atoms with Crippen molar-refractivity contribution in [2.75, 3.05) is 0 Å². The van der Waals surface area contributed by atoms with E-state index in [-0.39, 0.29) is 11.1 Å². The van der Waals surface area contributed by atoms with Crippen LogP contribution in [0.1, 0.15) is 11.1 Å². The molecule has 0 unspecified atom stereocenters. The monoisotopic (exact) mass is 353 g/mol. The molecule has 25 heavy (non-hydrogen) atoms. The number of nitrogens with zero attached hydrogens (tertiary/aromatic N) is 3. The Morgan fingerprint density at radius 2 is 2.04 bits per heavy atom. The molecule has 0 aliphatic rings. The number of urea groups is 1. The second kappa shape index (κ2) is 7.18. The number of hydrazone groups is 1. The Morgan fingerprint density at radius 1 is 1.28 bits per heavy atom. The molecule has 8 heteroatoms. The van der Waals surface area contributed by atoms with Crippen LogP contribution in [0.25, 0.3) is 5.65 Å². The van der Waals surface area contributed by atoms with Crippen LogP contribution >= 0.6 is 11.8 Å². The average molecular weight is 353 g/mol. The minimum atomic E-state index is -0.808. The van der Waals surface area contributed by atoms with Crippen molar-refractivity contribution < 1.29 is 4.79 Å². The van der Waals surface area contributed by atoms with Crippen LogP contribution in [0.15, 0.2) is 68.5 Å². The van der Waals surface area contributed by atoms with Crippen LogP contribution in [0.5, 0.6) is 0 Å². The molecule has 2 amide bonds. The first-order chi connectivity index (χ1) is 12.0. The number of primary amides is 1. The van der Waals surface area contributed by atoms with Gasteiger partial charge in [-0.05, 0) is 31.2 Å². The zero-order chi connectivity index (χ0) is 17.8. The third kappa shape index (κ3) is 3.86. The highest BCUT2D eigenvalue weighted by Crippen LogP contribution is 2.27. The smallest absolute Gasteiger partial charge is 0.332 e. The van der Waals surface area contributed by atoms with E-state index in [1.54, 1.807) is 18.3 Å². The number of hydrogen-bond donors (Lipinski definition) is 2. The number of hydrogen-bond acceptors (Lipinski definition) is 5. The molecule has 2 heterocycles. The molecule has 0 atom stereocenters. The second-order valence-corrected chi connectivity index (χ2v) is 6.28. The minimum Gasteiger partial charge on any atom is -0.350 e. The molecular formula is C17H15N5O2S. The zero-order valence-corrected chi connectivity index (χ0v) is 14.2. The summed E-state index contributed by atoms with van der Waals surface area (Å²) in [7, 11) is 0. The van der Waals surface area contributed by atoms with Crippen molar-refractivity contribution >= 4 is 29.7 Å². The van der Waals surface area contributed by atoms with E-state index in [2.05, 4.69) is 15.5 Å². The summed E-state index contributed by atoms with van der Waals surface area (Å²) in [6, 6.07) is 12.4. The van der Waals surface area contributed by atoms with Gasteiger partial charge in [0.15, 0.2) is 0 Å². The second-order valence-electron chi connectivity index (χ2n) is 5.21. The van der Waals surface area contributed by atoms with E-state index >= 15 is 0 Å². The van der Waals surface area contributed by atoms with Gasteiger partial charge in [0, 0.05) is 11.1 Å². The zero-order valence-electron chi connectivity index (χ0n) is 13.3. The fourth-order valence-corrected chi connectivity index (χ4v) is 3.03. The Hall–Kier alpha value is -3.13. The minimum absolute atomic E-state index is 0.267. The number of aromatic nitrogens is 2. The maximum absolute atomic E-state index is 12.7. The number of amides is 2. The Balaban J connectivity index is 2.10. The summed E-state index contributed by atoms with van der Waals surface area (Å²) in [6.07, 6.45) is 2.89. The standard InChI is InChI=1S/C17H15N5O2S/c1-11-5-7-12(8-6-11)25-15-13(10-19-21-17(18)24)16(23)22-9-3-2-4-14(22)20-15/h2-10H,1H3,(H3,18,21,24)/b19-10-. The van der Waals surface area contributed by atoms with Crippen LogP contribution in [0.4, 0.5) is 4.79 Å². The first-order valence-electron chi connectivity index (χ1n) is 7.39. The molecule has 0 saturated heterocycles. The van der Waals surface area contributed by atoms with Gasteiger partial charge in [-0.15, -0.1) is 0 Å². The fraction of sp³-hybridized carbons (Fsp3) is 0.0588. The van der Waals surface area contributed by atoms with E-state index in [1.807, 2.05) is 37.3 Å². The molecule has 1 aromatic carbocycles. The quantitative estimate of drug-likeness (QED) is 0.426. The van der Waals surface area contributed by atoms with Crippen LogP contribution < -0.4 is 16.7 Å². The Labute approximate surface area is 147 Å². The lowest BCUT2D eigenvalue weighted by Gasteiger charge is -2.08. The number of nitrogens with two attached hydrogens (primary N) is 1. The molecule has 0 bridgehead atoms.